The van der Waals surface area contributed by atoms with Crippen LogP contribution in [0.2, 0.25) is 0 Å². The molecule has 74 valence electrons. The number of nitriles is 1. The van der Waals surface area contributed by atoms with Gasteiger partial charge in [0.15, 0.2) is 0 Å². The van der Waals surface area contributed by atoms with Crippen LogP contribution in [-0.4, -0.2) is 31.5 Å². The van der Waals surface area contributed by atoms with Gasteiger partial charge in [0.25, 0.3) is 7.52 Å². The van der Waals surface area contributed by atoms with Crippen molar-refractivity contribution in [1.29, 1.82) is 5.26 Å². The van der Waals surface area contributed by atoms with Gasteiger partial charge in [-0.3, -0.25) is 4.57 Å². The number of hydrogen-bond acceptors (Lipinski definition) is 3. The minimum Gasteiger partial charge on any atom is -0.321 e. The van der Waals surface area contributed by atoms with Gasteiger partial charge in [-0.05, 0) is 12.8 Å². The Hall–Kier alpha value is -0.360. The number of piperidine rings is 1. The molecule has 0 spiro atoms. The molecule has 1 heterocycles. The third-order valence-electron chi connectivity index (χ3n) is 2.51. The lowest BCUT2D eigenvalue weighted by Gasteiger charge is -2.32. The highest BCUT2D eigenvalue weighted by molar-refractivity contribution is 7.55. The van der Waals surface area contributed by atoms with Crippen LogP contribution in [0.15, 0.2) is 0 Å². The molecular weight excluding hydrogens is 187 g/mol. The molecule has 0 aliphatic carbocycles. The van der Waals surface area contributed by atoms with E-state index in [1.54, 1.807) is 6.66 Å². The molecule has 1 fully saturated rings. The van der Waals surface area contributed by atoms with Gasteiger partial charge in [-0.2, -0.15) is 5.26 Å². The normalized spacial score (nSPS) is 25.0. The Balaban J connectivity index is 2.51. The van der Waals surface area contributed by atoms with Crippen molar-refractivity contribution in [1.82, 2.24) is 4.67 Å². The largest absolute Gasteiger partial charge is 0.321 e. The minimum atomic E-state index is -2.56. The van der Waals surface area contributed by atoms with E-state index >= 15 is 0 Å². The molecule has 1 aliphatic heterocycles. The lowest BCUT2D eigenvalue weighted by atomic mass is 10.0. The summed E-state index contributed by atoms with van der Waals surface area (Å²) in [6, 6.07) is 2.24. The molecule has 0 aromatic rings. The molecule has 1 atom stereocenters. The van der Waals surface area contributed by atoms with Gasteiger partial charge in [0, 0.05) is 32.8 Å². The Morgan fingerprint density at radius 1 is 1.54 bits per heavy atom. The van der Waals surface area contributed by atoms with Crippen LogP contribution in [0.25, 0.3) is 0 Å². The monoisotopic (exact) mass is 202 g/mol. The van der Waals surface area contributed by atoms with Crippen LogP contribution in [0, 0.1) is 17.2 Å². The average molecular weight is 202 g/mol. The topological polar surface area (TPSA) is 53.3 Å². The van der Waals surface area contributed by atoms with Crippen molar-refractivity contribution in [3.8, 4) is 6.07 Å². The molecule has 0 bridgehead atoms. The predicted octanol–water partition coefficient (Wildman–Crippen LogP) is 1.69. The number of rotatable bonds is 2. The molecule has 0 N–H and O–H groups in total. The van der Waals surface area contributed by atoms with E-state index in [0.29, 0.717) is 13.1 Å². The maximum absolute atomic E-state index is 11.8. The van der Waals surface area contributed by atoms with Crippen LogP contribution in [0.4, 0.5) is 0 Å². The number of nitrogens with zero attached hydrogens (tertiary/aromatic N) is 2. The lowest BCUT2D eigenvalue weighted by molar-refractivity contribution is 0.260. The van der Waals surface area contributed by atoms with Gasteiger partial charge in [-0.25, -0.2) is 4.67 Å². The van der Waals surface area contributed by atoms with Crippen molar-refractivity contribution in [2.24, 2.45) is 5.92 Å². The molecule has 0 aromatic carbocycles. The molecule has 1 rings (SSSR count). The van der Waals surface area contributed by atoms with Crippen LogP contribution in [0.5, 0.6) is 0 Å². The summed E-state index contributed by atoms with van der Waals surface area (Å²) in [6.07, 6.45) is 1.61. The SMILES string of the molecule is COP(C)(=O)N1CCC(C#N)CC1. The van der Waals surface area contributed by atoms with E-state index in [1.807, 2.05) is 4.67 Å². The summed E-state index contributed by atoms with van der Waals surface area (Å²) in [7, 11) is -1.09. The standard InChI is InChI=1S/C8H15N2O2P/c1-12-13(2,11)10-5-3-8(7-9)4-6-10/h8H,3-6H2,1-2H3. The Bertz CT molecular complexity index is 253. The van der Waals surface area contributed by atoms with E-state index in [2.05, 4.69) is 6.07 Å². The van der Waals surface area contributed by atoms with E-state index < -0.39 is 7.52 Å². The third-order valence-corrected chi connectivity index (χ3v) is 4.61. The van der Waals surface area contributed by atoms with Gasteiger partial charge < -0.3 is 4.52 Å². The van der Waals surface area contributed by atoms with Gasteiger partial charge in [0.1, 0.15) is 0 Å². The van der Waals surface area contributed by atoms with Crippen molar-refractivity contribution < 1.29 is 9.09 Å². The maximum Gasteiger partial charge on any atom is 0.269 e. The van der Waals surface area contributed by atoms with Crippen LogP contribution in [0.3, 0.4) is 0 Å². The smallest absolute Gasteiger partial charge is 0.269 e. The first kappa shape index (κ1) is 10.7. The first-order valence-electron chi connectivity index (χ1n) is 4.38. The first-order chi connectivity index (χ1) is 6.10. The zero-order valence-corrected chi connectivity index (χ0v) is 8.96. The van der Waals surface area contributed by atoms with Crippen molar-refractivity contribution in [3.63, 3.8) is 0 Å². The van der Waals surface area contributed by atoms with Crippen LogP contribution < -0.4 is 0 Å². The molecule has 1 saturated heterocycles. The maximum atomic E-state index is 11.8. The number of hydrogen-bond donors (Lipinski definition) is 0. The van der Waals surface area contributed by atoms with E-state index in [0.717, 1.165) is 12.8 Å². The van der Waals surface area contributed by atoms with E-state index in [4.69, 9.17) is 9.79 Å². The van der Waals surface area contributed by atoms with E-state index in [-0.39, 0.29) is 5.92 Å². The fourth-order valence-corrected chi connectivity index (χ4v) is 2.66. The molecule has 0 amide bonds. The fraction of sp³-hybridized carbons (Fsp3) is 0.875. The predicted molar refractivity (Wildman–Crippen MR) is 50.4 cm³/mol. The highest BCUT2D eigenvalue weighted by Crippen LogP contribution is 2.47. The van der Waals surface area contributed by atoms with Gasteiger partial charge in [-0.1, -0.05) is 0 Å². The van der Waals surface area contributed by atoms with Crippen LogP contribution >= 0.6 is 7.52 Å². The lowest BCUT2D eigenvalue weighted by Crippen LogP contribution is -2.30. The Kier molecular flexibility index (Phi) is 3.49. The van der Waals surface area contributed by atoms with Gasteiger partial charge >= 0.3 is 0 Å². The quantitative estimate of drug-likeness (QED) is 0.639. The molecule has 4 nitrogen and oxygen atoms in total. The second-order valence-corrected chi connectivity index (χ2v) is 5.88. The summed E-state index contributed by atoms with van der Waals surface area (Å²) in [5.41, 5.74) is 0. The highest BCUT2D eigenvalue weighted by Gasteiger charge is 2.29. The van der Waals surface area contributed by atoms with Crippen molar-refractivity contribution in [2.75, 3.05) is 26.9 Å². The summed E-state index contributed by atoms with van der Waals surface area (Å²) < 4.78 is 18.5. The van der Waals surface area contributed by atoms with Gasteiger partial charge in [-0.15, -0.1) is 0 Å². The van der Waals surface area contributed by atoms with E-state index in [9.17, 15) is 4.57 Å². The molecule has 0 radical (unpaired) electrons. The van der Waals surface area contributed by atoms with Gasteiger partial charge in [0.05, 0.1) is 6.07 Å². The molecule has 0 saturated carbocycles. The molecule has 1 aliphatic rings. The third kappa shape index (κ3) is 2.54. The molecule has 0 aromatic heterocycles. The van der Waals surface area contributed by atoms with Crippen LogP contribution in [-0.2, 0) is 9.09 Å². The second kappa shape index (κ2) is 4.23. The molecule has 13 heavy (non-hydrogen) atoms. The Morgan fingerprint density at radius 3 is 2.46 bits per heavy atom. The van der Waals surface area contributed by atoms with E-state index in [1.165, 1.54) is 7.11 Å². The summed E-state index contributed by atoms with van der Waals surface area (Å²) in [6.45, 7) is 3.04. The summed E-state index contributed by atoms with van der Waals surface area (Å²) >= 11 is 0. The zero-order chi connectivity index (χ0) is 9.90. The highest BCUT2D eigenvalue weighted by atomic mass is 31.2. The zero-order valence-electron chi connectivity index (χ0n) is 8.06. The molecule has 1 unspecified atom stereocenters. The molecule has 5 heteroatoms. The minimum absolute atomic E-state index is 0.133. The van der Waals surface area contributed by atoms with Crippen LogP contribution in [0.1, 0.15) is 12.8 Å². The average Bonchev–Trinajstić information content (AvgIpc) is 2.18. The first-order valence-corrected chi connectivity index (χ1v) is 6.41. The molecular formula is C8H15N2O2P. The fourth-order valence-electron chi connectivity index (χ4n) is 1.47. The Morgan fingerprint density at radius 2 is 2.08 bits per heavy atom. The van der Waals surface area contributed by atoms with Gasteiger partial charge in [0.2, 0.25) is 0 Å². The second-order valence-electron chi connectivity index (χ2n) is 3.34. The summed E-state index contributed by atoms with van der Waals surface area (Å²) in [5.74, 6) is 0.133. The van der Waals surface area contributed by atoms with Crippen molar-refractivity contribution in [3.05, 3.63) is 0 Å². The summed E-state index contributed by atoms with van der Waals surface area (Å²) in [4.78, 5) is 0. The van der Waals surface area contributed by atoms with Crippen molar-refractivity contribution in [2.45, 2.75) is 12.8 Å². The Labute approximate surface area is 79.0 Å². The summed E-state index contributed by atoms with van der Waals surface area (Å²) in [5, 5.41) is 8.67. The van der Waals surface area contributed by atoms with Crippen molar-refractivity contribution >= 4 is 7.52 Å².